The van der Waals surface area contributed by atoms with Crippen molar-refractivity contribution in [2.45, 2.75) is 44.7 Å². The molecule has 0 fully saturated rings. The normalized spacial score (nSPS) is 12.1. The standard InChI is InChI=1S/C35H35Cl4N3O4S/c1-23(2)20-40-35(44)33(16-25-7-5-4-6-8-25)41(21-26-11-14-31(38)32(39)15-26)34(43)22-42(29-18-27(36)17-28(37)19-29)47(45,46)30-12-9-24(3)10-13-30/h4-15,17-19,23,33H,16,20-22H2,1-3H3,(H,40,44)/t33-/m1/s1. The van der Waals surface area contributed by atoms with E-state index in [9.17, 15) is 18.0 Å². The Hall–Kier alpha value is -3.27. The van der Waals surface area contributed by atoms with Gasteiger partial charge in [-0.15, -0.1) is 0 Å². The molecule has 4 rings (SSSR count). The zero-order valence-corrected chi connectivity index (χ0v) is 29.9. The number of amides is 2. The summed E-state index contributed by atoms with van der Waals surface area (Å²) < 4.78 is 29.4. The number of hydrogen-bond acceptors (Lipinski definition) is 4. The van der Waals surface area contributed by atoms with E-state index in [1.54, 1.807) is 30.3 Å². The lowest BCUT2D eigenvalue weighted by Crippen LogP contribution is -2.53. The minimum absolute atomic E-state index is 0.0291. The third-order valence-corrected chi connectivity index (χ3v) is 10.3. The van der Waals surface area contributed by atoms with Crippen LogP contribution in [0.25, 0.3) is 0 Å². The molecule has 4 aromatic rings. The smallest absolute Gasteiger partial charge is 0.264 e. The van der Waals surface area contributed by atoms with Gasteiger partial charge in [0.15, 0.2) is 0 Å². The molecule has 0 aromatic heterocycles. The van der Waals surface area contributed by atoms with Crippen LogP contribution >= 0.6 is 46.4 Å². The van der Waals surface area contributed by atoms with E-state index < -0.39 is 28.5 Å². The van der Waals surface area contributed by atoms with Gasteiger partial charge in [0, 0.05) is 29.6 Å². The molecule has 47 heavy (non-hydrogen) atoms. The minimum atomic E-state index is -4.32. The quantitative estimate of drug-likeness (QED) is 0.150. The molecule has 0 heterocycles. The Balaban J connectivity index is 1.84. The van der Waals surface area contributed by atoms with E-state index in [-0.39, 0.29) is 50.4 Å². The molecule has 0 aliphatic heterocycles. The SMILES string of the molecule is Cc1ccc(S(=O)(=O)N(CC(=O)N(Cc2ccc(Cl)c(Cl)c2)[C@H](Cc2ccccc2)C(=O)NCC(C)C)c2cc(Cl)cc(Cl)c2)cc1. The van der Waals surface area contributed by atoms with Crippen molar-refractivity contribution in [1.29, 1.82) is 0 Å². The number of carbonyl (C=O) groups is 2. The van der Waals surface area contributed by atoms with Crippen LogP contribution in [0, 0.1) is 12.8 Å². The molecule has 0 unspecified atom stereocenters. The van der Waals surface area contributed by atoms with Crippen molar-refractivity contribution in [1.82, 2.24) is 10.2 Å². The van der Waals surface area contributed by atoms with Gasteiger partial charge in [0.25, 0.3) is 10.0 Å². The first-order valence-corrected chi connectivity index (χ1v) is 17.8. The van der Waals surface area contributed by atoms with Crippen LogP contribution in [0.4, 0.5) is 5.69 Å². The van der Waals surface area contributed by atoms with Crippen molar-refractivity contribution in [2.24, 2.45) is 5.92 Å². The molecular weight excluding hydrogens is 700 g/mol. The first-order valence-electron chi connectivity index (χ1n) is 14.8. The van der Waals surface area contributed by atoms with E-state index in [0.717, 1.165) is 15.4 Å². The molecule has 7 nitrogen and oxygen atoms in total. The number of halogens is 4. The summed E-state index contributed by atoms with van der Waals surface area (Å²) in [6, 6.07) is 23.8. The highest BCUT2D eigenvalue weighted by Crippen LogP contribution is 2.31. The van der Waals surface area contributed by atoms with E-state index in [1.807, 2.05) is 51.1 Å². The van der Waals surface area contributed by atoms with Crippen LogP contribution in [-0.4, -0.2) is 44.3 Å². The van der Waals surface area contributed by atoms with Gasteiger partial charge in [-0.1, -0.05) is 114 Å². The predicted octanol–water partition coefficient (Wildman–Crippen LogP) is 8.22. The highest BCUT2D eigenvalue weighted by Gasteiger charge is 2.35. The Morgan fingerprint density at radius 2 is 1.43 bits per heavy atom. The van der Waals surface area contributed by atoms with Gasteiger partial charge in [-0.2, -0.15) is 0 Å². The van der Waals surface area contributed by atoms with Crippen molar-refractivity contribution in [3.05, 3.63) is 128 Å². The summed E-state index contributed by atoms with van der Waals surface area (Å²) in [7, 11) is -4.32. The van der Waals surface area contributed by atoms with Crippen LogP contribution in [0.1, 0.15) is 30.5 Å². The topological polar surface area (TPSA) is 86.8 Å². The van der Waals surface area contributed by atoms with Crippen LogP contribution < -0.4 is 9.62 Å². The second-order valence-corrected chi connectivity index (χ2v) is 15.1. The summed E-state index contributed by atoms with van der Waals surface area (Å²) in [6.07, 6.45) is 0.172. The fraction of sp³-hybridized carbons (Fsp3) is 0.257. The van der Waals surface area contributed by atoms with E-state index in [4.69, 9.17) is 46.4 Å². The number of anilines is 1. The molecule has 12 heteroatoms. The zero-order chi connectivity index (χ0) is 34.3. The molecule has 0 radical (unpaired) electrons. The maximum Gasteiger partial charge on any atom is 0.264 e. The Kier molecular flexibility index (Phi) is 12.6. The van der Waals surface area contributed by atoms with Gasteiger partial charge in [-0.3, -0.25) is 13.9 Å². The number of sulfonamides is 1. The Morgan fingerprint density at radius 1 is 0.787 bits per heavy atom. The molecule has 0 aliphatic carbocycles. The molecule has 0 aliphatic rings. The van der Waals surface area contributed by atoms with Crippen molar-refractivity contribution >= 4 is 73.9 Å². The van der Waals surface area contributed by atoms with Gasteiger partial charge >= 0.3 is 0 Å². The lowest BCUT2D eigenvalue weighted by atomic mass is 10.0. The van der Waals surface area contributed by atoms with Crippen molar-refractivity contribution in [3.8, 4) is 0 Å². The van der Waals surface area contributed by atoms with E-state index >= 15 is 0 Å². The molecular formula is C35H35Cl4N3O4S. The van der Waals surface area contributed by atoms with Crippen molar-refractivity contribution in [2.75, 3.05) is 17.4 Å². The van der Waals surface area contributed by atoms with Crippen LogP contribution in [0.5, 0.6) is 0 Å². The van der Waals surface area contributed by atoms with Gasteiger partial charge < -0.3 is 10.2 Å². The summed E-state index contributed by atoms with van der Waals surface area (Å²) in [6.45, 7) is 5.44. The van der Waals surface area contributed by atoms with E-state index in [0.29, 0.717) is 17.1 Å². The monoisotopic (exact) mass is 733 g/mol. The third-order valence-electron chi connectivity index (χ3n) is 7.32. The molecule has 0 saturated heterocycles. The lowest BCUT2D eigenvalue weighted by molar-refractivity contribution is -0.140. The number of hydrogen-bond donors (Lipinski definition) is 1. The zero-order valence-electron chi connectivity index (χ0n) is 26.1. The average molecular weight is 736 g/mol. The summed E-state index contributed by atoms with van der Waals surface area (Å²) in [5, 5.41) is 3.94. The highest BCUT2D eigenvalue weighted by atomic mass is 35.5. The summed E-state index contributed by atoms with van der Waals surface area (Å²) in [4.78, 5) is 29.8. The van der Waals surface area contributed by atoms with Gasteiger partial charge in [-0.25, -0.2) is 8.42 Å². The number of benzene rings is 4. The van der Waals surface area contributed by atoms with Crippen molar-refractivity contribution < 1.29 is 18.0 Å². The molecule has 1 atom stereocenters. The minimum Gasteiger partial charge on any atom is -0.354 e. The molecule has 1 N–H and O–H groups in total. The second kappa shape index (κ2) is 16.2. The van der Waals surface area contributed by atoms with Gasteiger partial charge in [0.2, 0.25) is 11.8 Å². The number of rotatable bonds is 13. The molecule has 4 aromatic carbocycles. The van der Waals surface area contributed by atoms with Crippen LogP contribution in [0.3, 0.4) is 0 Å². The molecule has 0 bridgehead atoms. The van der Waals surface area contributed by atoms with Crippen molar-refractivity contribution in [3.63, 3.8) is 0 Å². The maximum atomic E-state index is 14.6. The third kappa shape index (κ3) is 9.87. The number of nitrogens with zero attached hydrogens (tertiary/aromatic N) is 2. The highest BCUT2D eigenvalue weighted by molar-refractivity contribution is 7.92. The van der Waals surface area contributed by atoms with E-state index in [2.05, 4.69) is 5.32 Å². The largest absolute Gasteiger partial charge is 0.354 e. The predicted molar refractivity (Wildman–Crippen MR) is 191 cm³/mol. The summed E-state index contributed by atoms with van der Waals surface area (Å²) >= 11 is 25.1. The average Bonchev–Trinajstić information content (AvgIpc) is 3.02. The number of nitrogens with one attached hydrogen (secondary N) is 1. The summed E-state index contributed by atoms with van der Waals surface area (Å²) in [5.41, 5.74) is 2.37. The fourth-order valence-corrected chi connectivity index (χ4v) is 7.09. The van der Waals surface area contributed by atoms with Gasteiger partial charge in [-0.05, 0) is 66.4 Å². The number of aryl methyl sites for hydroxylation is 1. The fourth-order valence-electron chi connectivity index (χ4n) is 4.86. The molecule has 0 spiro atoms. The second-order valence-electron chi connectivity index (χ2n) is 11.6. The first-order chi connectivity index (χ1) is 22.2. The van der Waals surface area contributed by atoms with Crippen LogP contribution in [0.2, 0.25) is 20.1 Å². The Morgan fingerprint density at radius 3 is 2.02 bits per heavy atom. The maximum absolute atomic E-state index is 14.6. The Labute approximate surface area is 296 Å². The molecule has 248 valence electrons. The lowest BCUT2D eigenvalue weighted by Gasteiger charge is -2.34. The molecule has 2 amide bonds. The summed E-state index contributed by atoms with van der Waals surface area (Å²) in [5.74, 6) is -0.864. The number of carbonyl (C=O) groups excluding carboxylic acids is 2. The first kappa shape index (κ1) is 36.6. The Bertz CT molecular complexity index is 1800. The van der Waals surface area contributed by atoms with Crippen LogP contribution in [0.15, 0.2) is 95.9 Å². The van der Waals surface area contributed by atoms with Gasteiger partial charge in [0.05, 0.1) is 20.6 Å². The van der Waals surface area contributed by atoms with Gasteiger partial charge in [0.1, 0.15) is 12.6 Å². The molecule has 0 saturated carbocycles. The van der Waals surface area contributed by atoms with E-state index in [1.165, 1.54) is 35.2 Å². The van der Waals surface area contributed by atoms with Crippen LogP contribution in [-0.2, 0) is 32.6 Å².